The second-order valence-electron chi connectivity index (χ2n) is 5.07. The highest BCUT2D eigenvalue weighted by atomic mass is 16.5. The molecule has 0 aliphatic rings. The zero-order valence-electron chi connectivity index (χ0n) is 13.0. The Labute approximate surface area is 139 Å². The van der Waals surface area contributed by atoms with Crippen LogP contribution < -0.4 is 9.84 Å². The molecule has 0 radical (unpaired) electrons. The van der Waals surface area contributed by atoms with Crippen LogP contribution in [0.1, 0.15) is 21.5 Å². The number of carbonyl (C=O) groups is 2. The van der Waals surface area contributed by atoms with Crippen LogP contribution in [0.5, 0.6) is 5.75 Å². The van der Waals surface area contributed by atoms with Gasteiger partial charge in [-0.25, -0.2) is 0 Å². The number of carboxylic acid groups (broad SMARTS) is 1. The van der Waals surface area contributed by atoms with E-state index in [0.29, 0.717) is 11.1 Å². The number of rotatable bonds is 6. The summed E-state index contributed by atoms with van der Waals surface area (Å²) in [4.78, 5) is 23.0. The number of ketones is 1. The third kappa shape index (κ3) is 4.31. The van der Waals surface area contributed by atoms with Crippen molar-refractivity contribution in [2.24, 2.45) is 0 Å². The van der Waals surface area contributed by atoms with Crippen molar-refractivity contribution < 1.29 is 19.4 Å². The summed E-state index contributed by atoms with van der Waals surface area (Å²) in [5.41, 5.74) is 1.70. The molecule has 0 bridgehead atoms. The summed E-state index contributed by atoms with van der Waals surface area (Å²) >= 11 is 0. The van der Waals surface area contributed by atoms with E-state index in [-0.39, 0.29) is 11.3 Å². The van der Waals surface area contributed by atoms with Gasteiger partial charge in [-0.05, 0) is 25.1 Å². The van der Waals surface area contributed by atoms with Gasteiger partial charge in [-0.1, -0.05) is 42.0 Å². The highest BCUT2D eigenvalue weighted by Crippen LogP contribution is 2.22. The lowest BCUT2D eigenvalue weighted by atomic mass is 10.0. The number of Topliss-reactive ketones (excluding diaryl/α,β-unsaturated/α-hetero) is 1. The number of ether oxygens (including phenoxy) is 1. The van der Waals surface area contributed by atoms with Crippen molar-refractivity contribution in [3.05, 3.63) is 70.8 Å². The second kappa shape index (κ2) is 7.75. The molecule has 0 aliphatic carbocycles. The largest absolute Gasteiger partial charge is 0.546 e. The molecule has 0 amide bonds. The predicted molar refractivity (Wildman–Crippen MR) is 86.0 cm³/mol. The number of hydrogen-bond acceptors (Lipinski definition) is 5. The van der Waals surface area contributed by atoms with Gasteiger partial charge in [-0.15, -0.1) is 0 Å². The van der Waals surface area contributed by atoms with Gasteiger partial charge in [-0.3, -0.25) is 4.79 Å². The summed E-state index contributed by atoms with van der Waals surface area (Å²) in [7, 11) is 0. The fourth-order valence-electron chi connectivity index (χ4n) is 2.11. The maximum atomic E-state index is 12.5. The number of aliphatic carboxylic acids is 1. The third-order valence-corrected chi connectivity index (χ3v) is 3.21. The molecule has 2 rings (SSSR count). The Bertz CT molecular complexity index is 846. The maximum absolute atomic E-state index is 12.5. The van der Waals surface area contributed by atoms with Crippen molar-refractivity contribution in [2.45, 2.75) is 6.92 Å². The molecule has 0 unspecified atom stereocenters. The lowest BCUT2D eigenvalue weighted by molar-refractivity contribution is -0.307. The van der Waals surface area contributed by atoms with E-state index in [9.17, 15) is 20.0 Å². The van der Waals surface area contributed by atoms with Crippen molar-refractivity contribution in [2.75, 3.05) is 6.61 Å². The van der Waals surface area contributed by atoms with Crippen LogP contribution in [-0.4, -0.2) is 18.4 Å². The molecule has 0 saturated heterocycles. The van der Waals surface area contributed by atoms with Gasteiger partial charge in [-0.2, -0.15) is 5.26 Å². The summed E-state index contributed by atoms with van der Waals surface area (Å²) < 4.78 is 5.12. The third-order valence-electron chi connectivity index (χ3n) is 3.21. The standard InChI is InChI=1S/C19H15NO4/c1-13-5-4-7-15(9-13)19(23)16(11-20)10-14-6-2-3-8-17(14)24-12-18(21)22/h2-10H,12H2,1H3,(H,21,22)/p-1/b16-10+. The Morgan fingerprint density at radius 1 is 1.21 bits per heavy atom. The zero-order valence-corrected chi connectivity index (χ0v) is 13.0. The van der Waals surface area contributed by atoms with E-state index in [4.69, 9.17) is 4.74 Å². The fraction of sp³-hybridized carbons (Fsp3) is 0.105. The molecule has 5 nitrogen and oxygen atoms in total. The molecular weight excluding hydrogens is 306 g/mol. The second-order valence-corrected chi connectivity index (χ2v) is 5.07. The monoisotopic (exact) mass is 320 g/mol. The SMILES string of the molecule is Cc1cccc(C(=O)/C(C#N)=C/c2ccccc2OCC(=O)[O-])c1. The molecule has 0 aliphatic heterocycles. The van der Waals surface area contributed by atoms with Gasteiger partial charge in [0.25, 0.3) is 0 Å². The van der Waals surface area contributed by atoms with E-state index in [1.807, 2.05) is 19.1 Å². The summed E-state index contributed by atoms with van der Waals surface area (Å²) in [6.07, 6.45) is 1.38. The fourth-order valence-corrected chi connectivity index (χ4v) is 2.11. The molecule has 24 heavy (non-hydrogen) atoms. The van der Waals surface area contributed by atoms with E-state index in [2.05, 4.69) is 0 Å². The van der Waals surface area contributed by atoms with Gasteiger partial charge < -0.3 is 14.6 Å². The van der Waals surface area contributed by atoms with Crippen molar-refractivity contribution >= 4 is 17.8 Å². The predicted octanol–water partition coefficient (Wildman–Crippen LogP) is 1.91. The van der Waals surface area contributed by atoms with Crippen LogP contribution >= 0.6 is 0 Å². The summed E-state index contributed by atoms with van der Waals surface area (Å²) in [5.74, 6) is -1.51. The molecule has 2 aromatic rings. The first-order valence-corrected chi connectivity index (χ1v) is 7.16. The molecule has 120 valence electrons. The van der Waals surface area contributed by atoms with Crippen molar-refractivity contribution in [1.29, 1.82) is 5.26 Å². The molecule has 0 aromatic heterocycles. The average molecular weight is 320 g/mol. The Balaban J connectivity index is 2.36. The number of allylic oxidation sites excluding steroid dienone is 1. The first kappa shape index (κ1) is 17.0. The Kier molecular flexibility index (Phi) is 5.48. The smallest absolute Gasteiger partial charge is 0.203 e. The van der Waals surface area contributed by atoms with Gasteiger partial charge in [0, 0.05) is 11.1 Å². The van der Waals surface area contributed by atoms with Crippen LogP contribution in [0.2, 0.25) is 0 Å². The van der Waals surface area contributed by atoms with Gasteiger partial charge in [0.15, 0.2) is 0 Å². The van der Waals surface area contributed by atoms with Crippen molar-refractivity contribution in [3.63, 3.8) is 0 Å². The van der Waals surface area contributed by atoms with E-state index < -0.39 is 18.4 Å². The van der Waals surface area contributed by atoms with Crippen molar-refractivity contribution in [3.8, 4) is 11.8 Å². The average Bonchev–Trinajstić information content (AvgIpc) is 2.58. The van der Waals surface area contributed by atoms with Gasteiger partial charge in [0.2, 0.25) is 5.78 Å². The number of nitriles is 1. The molecule has 2 aromatic carbocycles. The van der Waals surface area contributed by atoms with Crippen LogP contribution in [0.25, 0.3) is 6.08 Å². The lowest BCUT2D eigenvalue weighted by Gasteiger charge is -2.10. The van der Waals surface area contributed by atoms with Crippen LogP contribution in [0.3, 0.4) is 0 Å². The van der Waals surface area contributed by atoms with E-state index in [0.717, 1.165) is 5.56 Å². The molecular formula is C19H14NO4-. The maximum Gasteiger partial charge on any atom is 0.203 e. The minimum Gasteiger partial charge on any atom is -0.546 e. The summed E-state index contributed by atoms with van der Waals surface area (Å²) in [6.45, 7) is 1.24. The van der Waals surface area contributed by atoms with Crippen LogP contribution in [0, 0.1) is 18.3 Å². The molecule has 0 spiro atoms. The molecule has 0 N–H and O–H groups in total. The van der Waals surface area contributed by atoms with E-state index >= 15 is 0 Å². The first-order chi connectivity index (χ1) is 11.5. The Morgan fingerprint density at radius 3 is 2.62 bits per heavy atom. The molecule has 5 heteroatoms. The zero-order chi connectivity index (χ0) is 17.5. The van der Waals surface area contributed by atoms with Gasteiger partial charge >= 0.3 is 0 Å². The number of carboxylic acids is 1. The normalized spacial score (nSPS) is 10.8. The highest BCUT2D eigenvalue weighted by Gasteiger charge is 2.13. The van der Waals surface area contributed by atoms with E-state index in [1.54, 1.807) is 42.5 Å². The minimum absolute atomic E-state index is 0.0647. The molecule has 0 heterocycles. The van der Waals surface area contributed by atoms with Crippen molar-refractivity contribution in [1.82, 2.24) is 0 Å². The number of hydrogen-bond donors (Lipinski definition) is 0. The minimum atomic E-state index is -1.36. The number of aryl methyl sites for hydroxylation is 1. The molecule has 0 atom stereocenters. The van der Waals surface area contributed by atoms with E-state index in [1.165, 1.54) is 6.08 Å². The number of para-hydroxylation sites is 1. The number of nitrogens with zero attached hydrogens (tertiary/aromatic N) is 1. The van der Waals surface area contributed by atoms with Gasteiger partial charge in [0.05, 0.1) is 5.97 Å². The van der Waals surface area contributed by atoms with Crippen LogP contribution in [0.4, 0.5) is 0 Å². The summed E-state index contributed by atoms with van der Waals surface area (Å²) in [5, 5.41) is 19.8. The highest BCUT2D eigenvalue weighted by molar-refractivity contribution is 6.14. The topological polar surface area (TPSA) is 90.2 Å². The Morgan fingerprint density at radius 2 is 1.96 bits per heavy atom. The quantitative estimate of drug-likeness (QED) is 0.461. The molecule has 0 saturated carbocycles. The molecule has 0 fully saturated rings. The van der Waals surface area contributed by atoms with Gasteiger partial charge in [0.1, 0.15) is 24.0 Å². The first-order valence-electron chi connectivity index (χ1n) is 7.16. The van der Waals surface area contributed by atoms with Crippen LogP contribution in [-0.2, 0) is 4.79 Å². The number of benzene rings is 2. The summed E-state index contributed by atoms with van der Waals surface area (Å²) in [6, 6.07) is 15.4. The van der Waals surface area contributed by atoms with Crippen LogP contribution in [0.15, 0.2) is 54.1 Å². The lowest BCUT2D eigenvalue weighted by Crippen LogP contribution is -2.29. The number of carbonyl (C=O) groups excluding carboxylic acids is 2. The Hall–Kier alpha value is -3.39.